The molecule has 2 aromatic carbocycles. The van der Waals surface area contributed by atoms with Gasteiger partial charge in [0.05, 0.1) is 29.2 Å². The van der Waals surface area contributed by atoms with E-state index in [1.54, 1.807) is 6.07 Å². The van der Waals surface area contributed by atoms with Gasteiger partial charge in [0.2, 0.25) is 10.0 Å². The molecule has 26 heavy (non-hydrogen) atoms. The Labute approximate surface area is 159 Å². The lowest BCUT2D eigenvalue weighted by Gasteiger charge is -2.36. The molecule has 5 nitrogen and oxygen atoms in total. The lowest BCUT2D eigenvalue weighted by molar-refractivity contribution is -0.0529. The summed E-state index contributed by atoms with van der Waals surface area (Å²) in [5, 5.41) is 0.274. The van der Waals surface area contributed by atoms with Crippen molar-refractivity contribution in [2.45, 2.75) is 30.4 Å². The van der Waals surface area contributed by atoms with E-state index in [-0.39, 0.29) is 22.1 Å². The monoisotopic (exact) mass is 395 g/mol. The summed E-state index contributed by atoms with van der Waals surface area (Å²) in [6.45, 7) is 2.52. The number of halogens is 1. The van der Waals surface area contributed by atoms with E-state index in [9.17, 15) is 8.42 Å². The van der Waals surface area contributed by atoms with E-state index in [1.807, 2.05) is 37.3 Å². The minimum absolute atomic E-state index is 0.163. The van der Waals surface area contributed by atoms with Crippen LogP contribution in [-0.2, 0) is 21.2 Å². The van der Waals surface area contributed by atoms with Crippen LogP contribution in [-0.4, -0.2) is 45.1 Å². The number of morpholine rings is 1. The second-order valence-electron chi connectivity index (χ2n) is 6.38. The first kappa shape index (κ1) is 19.2. The smallest absolute Gasteiger partial charge is 0.243 e. The van der Waals surface area contributed by atoms with Crippen LogP contribution >= 0.6 is 11.6 Å². The molecule has 1 fully saturated rings. The van der Waals surface area contributed by atoms with Crippen molar-refractivity contribution in [2.24, 2.45) is 0 Å². The SMILES string of the molecule is COc1ccc(S(=O)(=O)N2CC(C)OC(Cc3ccccc3)C2)cc1Cl. The Kier molecular flexibility index (Phi) is 5.87. The normalized spacial score (nSPS) is 21.5. The van der Waals surface area contributed by atoms with Crippen LogP contribution in [0.5, 0.6) is 5.75 Å². The molecule has 0 spiro atoms. The van der Waals surface area contributed by atoms with Gasteiger partial charge in [0, 0.05) is 13.1 Å². The fraction of sp³-hybridized carbons (Fsp3) is 0.368. The van der Waals surface area contributed by atoms with Crippen LogP contribution in [0.25, 0.3) is 0 Å². The molecule has 0 aliphatic carbocycles. The maximum absolute atomic E-state index is 13.1. The van der Waals surface area contributed by atoms with Crippen molar-refractivity contribution in [3.8, 4) is 5.75 Å². The zero-order chi connectivity index (χ0) is 18.7. The second kappa shape index (κ2) is 7.96. The fourth-order valence-corrected chi connectivity index (χ4v) is 5.04. The van der Waals surface area contributed by atoms with Crippen LogP contribution < -0.4 is 4.74 Å². The maximum Gasteiger partial charge on any atom is 0.243 e. The van der Waals surface area contributed by atoms with Gasteiger partial charge in [-0.2, -0.15) is 4.31 Å². The predicted octanol–water partition coefficient (Wildman–Crippen LogP) is 3.37. The number of rotatable bonds is 5. The van der Waals surface area contributed by atoms with Crippen LogP contribution in [0.3, 0.4) is 0 Å². The van der Waals surface area contributed by atoms with Gasteiger partial charge in [-0.05, 0) is 37.1 Å². The minimum atomic E-state index is -3.65. The van der Waals surface area contributed by atoms with Crippen LogP contribution in [0.1, 0.15) is 12.5 Å². The predicted molar refractivity (Wildman–Crippen MR) is 101 cm³/mol. The molecule has 1 aliphatic rings. The molecule has 0 radical (unpaired) electrons. The quantitative estimate of drug-likeness (QED) is 0.778. The van der Waals surface area contributed by atoms with E-state index in [0.717, 1.165) is 5.56 Å². The Morgan fingerprint density at radius 2 is 1.92 bits per heavy atom. The summed E-state index contributed by atoms with van der Waals surface area (Å²) in [6.07, 6.45) is 0.297. The van der Waals surface area contributed by atoms with Crippen molar-refractivity contribution in [1.82, 2.24) is 4.31 Å². The lowest BCUT2D eigenvalue weighted by Crippen LogP contribution is -2.49. The van der Waals surface area contributed by atoms with Crippen molar-refractivity contribution in [2.75, 3.05) is 20.2 Å². The summed E-state index contributed by atoms with van der Waals surface area (Å²) in [7, 11) is -2.16. The van der Waals surface area contributed by atoms with Gasteiger partial charge in [0.25, 0.3) is 0 Å². The molecule has 2 aromatic rings. The molecule has 0 amide bonds. The standard InChI is InChI=1S/C19H22ClNO4S/c1-14-12-21(13-16(25-14)10-15-6-4-3-5-7-15)26(22,23)17-8-9-19(24-2)18(20)11-17/h3-9,11,14,16H,10,12-13H2,1-2H3. The minimum Gasteiger partial charge on any atom is -0.495 e. The van der Waals surface area contributed by atoms with Gasteiger partial charge in [-0.25, -0.2) is 8.42 Å². The van der Waals surface area contributed by atoms with Gasteiger partial charge >= 0.3 is 0 Å². The summed E-state index contributed by atoms with van der Waals surface area (Å²) >= 11 is 6.11. The molecule has 0 aromatic heterocycles. The summed E-state index contributed by atoms with van der Waals surface area (Å²) in [5.74, 6) is 0.447. The van der Waals surface area contributed by atoms with Gasteiger partial charge in [-0.1, -0.05) is 41.9 Å². The van der Waals surface area contributed by atoms with E-state index in [0.29, 0.717) is 25.3 Å². The highest BCUT2D eigenvalue weighted by Gasteiger charge is 2.34. The average Bonchev–Trinajstić information content (AvgIpc) is 2.62. The number of sulfonamides is 1. The van der Waals surface area contributed by atoms with E-state index < -0.39 is 10.0 Å². The molecule has 140 valence electrons. The summed E-state index contributed by atoms with van der Waals surface area (Å²) < 4.78 is 38.6. The molecule has 0 bridgehead atoms. The molecule has 2 unspecified atom stereocenters. The first-order valence-corrected chi connectivity index (χ1v) is 10.2. The fourth-order valence-electron chi connectivity index (χ4n) is 3.15. The van der Waals surface area contributed by atoms with Crippen LogP contribution in [0.4, 0.5) is 0 Å². The highest BCUT2D eigenvalue weighted by atomic mass is 35.5. The third kappa shape index (κ3) is 4.20. The average molecular weight is 396 g/mol. The lowest BCUT2D eigenvalue weighted by atomic mass is 10.1. The first-order chi connectivity index (χ1) is 12.4. The molecule has 0 saturated carbocycles. The third-order valence-corrected chi connectivity index (χ3v) is 6.48. The van der Waals surface area contributed by atoms with Gasteiger partial charge in [0.1, 0.15) is 5.75 Å². The molecular weight excluding hydrogens is 374 g/mol. The van der Waals surface area contributed by atoms with Crippen molar-refractivity contribution < 1.29 is 17.9 Å². The number of benzene rings is 2. The highest BCUT2D eigenvalue weighted by molar-refractivity contribution is 7.89. The Bertz CT molecular complexity index is 857. The van der Waals surface area contributed by atoms with E-state index in [2.05, 4.69) is 0 Å². The second-order valence-corrected chi connectivity index (χ2v) is 8.72. The third-order valence-electron chi connectivity index (χ3n) is 4.36. The molecule has 2 atom stereocenters. The van der Waals surface area contributed by atoms with Crippen molar-refractivity contribution in [3.05, 3.63) is 59.1 Å². The number of ether oxygens (including phenoxy) is 2. The molecule has 7 heteroatoms. The molecule has 1 aliphatic heterocycles. The van der Waals surface area contributed by atoms with Gasteiger partial charge in [-0.3, -0.25) is 0 Å². The Morgan fingerprint density at radius 1 is 1.19 bits per heavy atom. The first-order valence-electron chi connectivity index (χ1n) is 8.43. The van der Waals surface area contributed by atoms with Crippen LogP contribution in [0, 0.1) is 0 Å². The zero-order valence-electron chi connectivity index (χ0n) is 14.8. The summed E-state index contributed by atoms with van der Waals surface area (Å²) in [5.41, 5.74) is 1.12. The van der Waals surface area contributed by atoms with E-state index in [4.69, 9.17) is 21.1 Å². The molecule has 1 saturated heterocycles. The van der Waals surface area contributed by atoms with Crippen LogP contribution in [0.2, 0.25) is 5.02 Å². The molecule has 1 heterocycles. The molecule has 3 rings (SSSR count). The summed E-state index contributed by atoms with van der Waals surface area (Å²) in [4.78, 5) is 0.163. The topological polar surface area (TPSA) is 55.8 Å². The molecular formula is C19H22ClNO4S. The highest BCUT2D eigenvalue weighted by Crippen LogP contribution is 2.29. The number of methoxy groups -OCH3 is 1. The van der Waals surface area contributed by atoms with Crippen molar-refractivity contribution >= 4 is 21.6 Å². The number of hydrogen-bond donors (Lipinski definition) is 0. The number of nitrogens with zero attached hydrogens (tertiary/aromatic N) is 1. The number of hydrogen-bond acceptors (Lipinski definition) is 4. The van der Waals surface area contributed by atoms with Gasteiger partial charge < -0.3 is 9.47 Å². The van der Waals surface area contributed by atoms with E-state index in [1.165, 1.54) is 23.5 Å². The molecule has 0 N–H and O–H groups in total. The Hall–Kier alpha value is -1.60. The van der Waals surface area contributed by atoms with Gasteiger partial charge in [-0.15, -0.1) is 0 Å². The van der Waals surface area contributed by atoms with E-state index >= 15 is 0 Å². The zero-order valence-corrected chi connectivity index (χ0v) is 16.3. The maximum atomic E-state index is 13.1. The van der Waals surface area contributed by atoms with Crippen LogP contribution in [0.15, 0.2) is 53.4 Å². The van der Waals surface area contributed by atoms with Crippen molar-refractivity contribution in [1.29, 1.82) is 0 Å². The summed E-state index contributed by atoms with van der Waals surface area (Å²) in [6, 6.07) is 14.5. The Morgan fingerprint density at radius 3 is 2.58 bits per heavy atom. The van der Waals surface area contributed by atoms with Gasteiger partial charge in [0.15, 0.2) is 0 Å². The van der Waals surface area contributed by atoms with Crippen molar-refractivity contribution in [3.63, 3.8) is 0 Å². The largest absolute Gasteiger partial charge is 0.495 e. The Balaban J connectivity index is 1.81.